The predicted molar refractivity (Wildman–Crippen MR) is 87.3 cm³/mol. The first kappa shape index (κ1) is 16.8. The SMILES string of the molecule is NC(=O)c1ccc(CN2CCCc3cc(F)cc(F)c32)c([N+](=O)[O-])c1. The number of rotatable bonds is 4. The number of amides is 1. The van der Waals surface area contributed by atoms with Crippen molar-refractivity contribution in [2.24, 2.45) is 5.73 Å². The molecule has 1 aliphatic heterocycles. The minimum Gasteiger partial charge on any atom is -0.366 e. The van der Waals surface area contributed by atoms with Gasteiger partial charge in [-0.3, -0.25) is 14.9 Å². The smallest absolute Gasteiger partial charge is 0.275 e. The first-order valence-corrected chi connectivity index (χ1v) is 7.67. The number of nitro benzene ring substituents is 1. The van der Waals surface area contributed by atoms with Crippen LogP contribution in [0.25, 0.3) is 0 Å². The minimum atomic E-state index is -0.764. The van der Waals surface area contributed by atoms with Crippen molar-refractivity contribution in [3.05, 3.63) is 68.8 Å². The summed E-state index contributed by atoms with van der Waals surface area (Å²) >= 11 is 0. The Morgan fingerprint density at radius 1 is 1.28 bits per heavy atom. The van der Waals surface area contributed by atoms with Crippen LogP contribution in [0.1, 0.15) is 27.9 Å². The highest BCUT2D eigenvalue weighted by atomic mass is 19.1. The summed E-state index contributed by atoms with van der Waals surface area (Å²) < 4.78 is 27.6. The molecule has 25 heavy (non-hydrogen) atoms. The summed E-state index contributed by atoms with van der Waals surface area (Å²) in [5.74, 6) is -2.10. The van der Waals surface area contributed by atoms with Gasteiger partial charge in [-0.2, -0.15) is 0 Å². The molecular formula is C17H15F2N3O3. The molecule has 0 saturated heterocycles. The van der Waals surface area contributed by atoms with Crippen molar-refractivity contribution in [3.8, 4) is 0 Å². The van der Waals surface area contributed by atoms with E-state index in [1.54, 1.807) is 4.90 Å². The summed E-state index contributed by atoms with van der Waals surface area (Å²) in [6.07, 6.45) is 1.23. The summed E-state index contributed by atoms with van der Waals surface area (Å²) in [6.45, 7) is 0.565. The average molecular weight is 347 g/mol. The van der Waals surface area contributed by atoms with Crippen molar-refractivity contribution in [1.82, 2.24) is 0 Å². The molecule has 0 radical (unpaired) electrons. The number of hydrogen-bond acceptors (Lipinski definition) is 4. The highest BCUT2D eigenvalue weighted by Gasteiger charge is 2.25. The van der Waals surface area contributed by atoms with Gasteiger partial charge in [0.05, 0.1) is 10.6 Å². The highest BCUT2D eigenvalue weighted by molar-refractivity contribution is 5.93. The van der Waals surface area contributed by atoms with E-state index in [0.29, 0.717) is 30.5 Å². The van der Waals surface area contributed by atoms with E-state index in [-0.39, 0.29) is 23.5 Å². The Balaban J connectivity index is 2.00. The average Bonchev–Trinajstić information content (AvgIpc) is 2.54. The first-order chi connectivity index (χ1) is 11.9. The van der Waals surface area contributed by atoms with Crippen LogP contribution in [0.2, 0.25) is 0 Å². The molecule has 0 aromatic heterocycles. The molecule has 1 amide bonds. The van der Waals surface area contributed by atoms with Gasteiger partial charge < -0.3 is 10.6 Å². The van der Waals surface area contributed by atoms with Crippen molar-refractivity contribution in [2.75, 3.05) is 11.4 Å². The molecule has 0 spiro atoms. The van der Waals surface area contributed by atoms with Crippen LogP contribution in [0.4, 0.5) is 20.2 Å². The van der Waals surface area contributed by atoms with E-state index in [2.05, 4.69) is 0 Å². The fourth-order valence-electron chi connectivity index (χ4n) is 3.12. The van der Waals surface area contributed by atoms with E-state index in [9.17, 15) is 23.7 Å². The molecule has 2 N–H and O–H groups in total. The third-order valence-electron chi connectivity index (χ3n) is 4.23. The summed E-state index contributed by atoms with van der Waals surface area (Å²) in [5.41, 5.74) is 6.06. The summed E-state index contributed by atoms with van der Waals surface area (Å²) in [6, 6.07) is 6.05. The molecule has 6 nitrogen and oxygen atoms in total. The van der Waals surface area contributed by atoms with Crippen molar-refractivity contribution >= 4 is 17.3 Å². The lowest BCUT2D eigenvalue weighted by Crippen LogP contribution is -2.30. The number of benzene rings is 2. The summed E-state index contributed by atoms with van der Waals surface area (Å²) in [5, 5.41) is 11.3. The van der Waals surface area contributed by atoms with Crippen molar-refractivity contribution < 1.29 is 18.5 Å². The lowest BCUT2D eigenvalue weighted by Gasteiger charge is -2.31. The number of fused-ring (bicyclic) bond motifs is 1. The molecule has 1 aliphatic rings. The number of carbonyl (C=O) groups is 1. The number of aryl methyl sites for hydroxylation is 1. The second-order valence-electron chi connectivity index (χ2n) is 5.89. The van der Waals surface area contributed by atoms with Gasteiger partial charge >= 0.3 is 0 Å². The van der Waals surface area contributed by atoms with Gasteiger partial charge in [-0.15, -0.1) is 0 Å². The van der Waals surface area contributed by atoms with E-state index in [4.69, 9.17) is 5.73 Å². The van der Waals surface area contributed by atoms with Crippen LogP contribution in [0.5, 0.6) is 0 Å². The van der Waals surface area contributed by atoms with E-state index in [1.807, 2.05) is 0 Å². The number of hydrogen-bond donors (Lipinski definition) is 1. The maximum atomic E-state index is 14.2. The van der Waals surface area contributed by atoms with E-state index in [1.165, 1.54) is 18.2 Å². The van der Waals surface area contributed by atoms with Gasteiger partial charge in [0.15, 0.2) is 0 Å². The number of carbonyl (C=O) groups excluding carboxylic acids is 1. The molecule has 2 aromatic carbocycles. The fraction of sp³-hybridized carbons (Fsp3) is 0.235. The third kappa shape index (κ3) is 3.28. The Labute approximate surface area is 142 Å². The van der Waals surface area contributed by atoms with E-state index < -0.39 is 22.5 Å². The van der Waals surface area contributed by atoms with Gasteiger partial charge in [0.2, 0.25) is 5.91 Å². The van der Waals surface area contributed by atoms with Crippen molar-refractivity contribution in [1.29, 1.82) is 0 Å². The summed E-state index contributed by atoms with van der Waals surface area (Å²) in [7, 11) is 0. The molecule has 8 heteroatoms. The maximum absolute atomic E-state index is 14.2. The monoisotopic (exact) mass is 347 g/mol. The van der Waals surface area contributed by atoms with Gasteiger partial charge in [-0.05, 0) is 36.6 Å². The standard InChI is InChI=1S/C17H15F2N3O3/c18-13-6-10-2-1-5-21(16(10)14(19)8-13)9-12-4-3-11(17(20)23)7-15(12)22(24)25/h3-4,6-8H,1-2,5,9H2,(H2,20,23). The molecule has 0 fully saturated rings. The number of nitrogens with zero attached hydrogens (tertiary/aromatic N) is 2. The Morgan fingerprint density at radius 2 is 2.04 bits per heavy atom. The van der Waals surface area contributed by atoms with Crippen LogP contribution >= 0.6 is 0 Å². The van der Waals surface area contributed by atoms with Gasteiger partial charge in [-0.1, -0.05) is 0 Å². The van der Waals surface area contributed by atoms with Crippen molar-refractivity contribution in [3.63, 3.8) is 0 Å². The van der Waals surface area contributed by atoms with Gasteiger partial charge in [0.25, 0.3) is 5.69 Å². The lowest BCUT2D eigenvalue weighted by molar-refractivity contribution is -0.385. The van der Waals surface area contributed by atoms with Crippen molar-refractivity contribution in [2.45, 2.75) is 19.4 Å². The second-order valence-corrected chi connectivity index (χ2v) is 5.89. The molecule has 0 bridgehead atoms. The van der Waals surface area contributed by atoms with Crippen LogP contribution in [-0.2, 0) is 13.0 Å². The zero-order valence-electron chi connectivity index (χ0n) is 13.2. The molecule has 0 saturated carbocycles. The Hall–Kier alpha value is -3.03. The van der Waals surface area contributed by atoms with Gasteiger partial charge in [-0.25, -0.2) is 8.78 Å². The third-order valence-corrected chi connectivity index (χ3v) is 4.23. The molecule has 3 rings (SSSR count). The second kappa shape index (κ2) is 6.46. The zero-order chi connectivity index (χ0) is 18.1. The highest BCUT2D eigenvalue weighted by Crippen LogP contribution is 2.33. The Bertz CT molecular complexity index is 870. The molecule has 0 unspecified atom stereocenters. The van der Waals surface area contributed by atoms with Crippen LogP contribution in [0.3, 0.4) is 0 Å². The normalized spacial score (nSPS) is 13.4. The summed E-state index contributed by atoms with van der Waals surface area (Å²) in [4.78, 5) is 23.6. The van der Waals surface area contributed by atoms with Crippen LogP contribution in [0.15, 0.2) is 30.3 Å². The van der Waals surface area contributed by atoms with Crippen LogP contribution in [0, 0.1) is 21.7 Å². The first-order valence-electron chi connectivity index (χ1n) is 7.67. The topological polar surface area (TPSA) is 89.5 Å². The maximum Gasteiger partial charge on any atom is 0.275 e. The molecule has 0 aliphatic carbocycles. The predicted octanol–water partition coefficient (Wildman–Crippen LogP) is 2.92. The molecule has 1 heterocycles. The molecule has 130 valence electrons. The fourth-order valence-corrected chi connectivity index (χ4v) is 3.12. The lowest BCUT2D eigenvalue weighted by atomic mass is 9.99. The van der Waals surface area contributed by atoms with Crippen LogP contribution in [-0.4, -0.2) is 17.4 Å². The number of nitrogens with two attached hydrogens (primary N) is 1. The molecule has 2 aromatic rings. The number of halogens is 2. The number of anilines is 1. The minimum absolute atomic E-state index is 0.0303. The Kier molecular flexibility index (Phi) is 4.35. The van der Waals surface area contributed by atoms with E-state index >= 15 is 0 Å². The van der Waals surface area contributed by atoms with Crippen LogP contribution < -0.4 is 10.6 Å². The van der Waals surface area contributed by atoms with Gasteiger partial charge in [0.1, 0.15) is 11.6 Å². The number of primary amides is 1. The molecule has 0 atom stereocenters. The zero-order valence-corrected chi connectivity index (χ0v) is 13.2. The van der Waals surface area contributed by atoms with Gasteiger partial charge in [0, 0.05) is 36.3 Å². The molecular weight excluding hydrogens is 332 g/mol. The Morgan fingerprint density at radius 3 is 2.72 bits per heavy atom. The largest absolute Gasteiger partial charge is 0.366 e. The van der Waals surface area contributed by atoms with E-state index in [0.717, 1.165) is 12.1 Å². The number of nitro groups is 1. The quantitative estimate of drug-likeness (QED) is 0.680.